The third-order valence-electron chi connectivity index (χ3n) is 3.74. The summed E-state index contributed by atoms with van der Waals surface area (Å²) in [6.45, 7) is 1.98. The molecule has 0 amide bonds. The second kappa shape index (κ2) is 7.84. The van der Waals surface area contributed by atoms with Crippen LogP contribution in [0.4, 0.5) is 0 Å². The molecule has 1 atom stereocenters. The van der Waals surface area contributed by atoms with Crippen molar-refractivity contribution in [1.29, 1.82) is 0 Å². The zero-order chi connectivity index (χ0) is 13.6. The quantitative estimate of drug-likeness (QED) is 0.912. The first-order chi connectivity index (χ1) is 9.93. The van der Waals surface area contributed by atoms with Gasteiger partial charge in [0, 0.05) is 19.0 Å². The number of benzene rings is 2. The lowest BCUT2D eigenvalue weighted by molar-refractivity contribution is 0.698. The Hall–Kier alpha value is -1.80. The monoisotopic (exact) mass is 300 g/mol. The second-order valence-corrected chi connectivity index (χ2v) is 5.20. The third kappa shape index (κ3) is 4.08. The molecule has 0 bridgehead atoms. The van der Waals surface area contributed by atoms with Crippen molar-refractivity contribution in [2.24, 2.45) is 4.99 Å². The Bertz CT molecular complexity index is 566. The van der Waals surface area contributed by atoms with Crippen LogP contribution in [0, 0.1) is 0 Å². The topological polar surface area (TPSA) is 24.4 Å². The van der Waals surface area contributed by atoms with Gasteiger partial charge < -0.3 is 5.32 Å². The molecular weight excluding hydrogens is 280 g/mol. The minimum atomic E-state index is 0. The van der Waals surface area contributed by atoms with Gasteiger partial charge >= 0.3 is 0 Å². The van der Waals surface area contributed by atoms with Crippen LogP contribution in [0.2, 0.25) is 0 Å². The summed E-state index contributed by atoms with van der Waals surface area (Å²) < 4.78 is 0. The summed E-state index contributed by atoms with van der Waals surface area (Å²) in [4.78, 5) is 4.71. The highest BCUT2D eigenvalue weighted by Crippen LogP contribution is 2.22. The largest absolute Gasteiger partial charge is 0.373 e. The zero-order valence-electron chi connectivity index (χ0n) is 12.0. The molecule has 2 aromatic carbocycles. The van der Waals surface area contributed by atoms with Crippen molar-refractivity contribution in [2.45, 2.75) is 18.8 Å². The number of hydrogen-bond donors (Lipinski definition) is 1. The zero-order valence-corrected chi connectivity index (χ0v) is 12.9. The van der Waals surface area contributed by atoms with Crippen LogP contribution in [-0.4, -0.2) is 18.9 Å². The van der Waals surface area contributed by atoms with Crippen molar-refractivity contribution in [3.63, 3.8) is 0 Å². The van der Waals surface area contributed by atoms with Gasteiger partial charge in [-0.25, -0.2) is 0 Å². The normalized spacial score (nSPS) is 15.3. The summed E-state index contributed by atoms with van der Waals surface area (Å²) in [5, 5.41) is 3.49. The van der Waals surface area contributed by atoms with E-state index >= 15 is 0 Å². The maximum atomic E-state index is 4.71. The van der Waals surface area contributed by atoms with E-state index in [-0.39, 0.29) is 12.4 Å². The Morgan fingerprint density at radius 3 is 2.24 bits per heavy atom. The molecule has 2 nitrogen and oxygen atoms in total. The van der Waals surface area contributed by atoms with Crippen LogP contribution in [0.1, 0.15) is 23.5 Å². The number of nitrogens with zero attached hydrogens (tertiary/aromatic N) is 1. The van der Waals surface area contributed by atoms with E-state index in [2.05, 4.69) is 66.0 Å². The van der Waals surface area contributed by atoms with E-state index in [4.69, 9.17) is 4.99 Å². The van der Waals surface area contributed by atoms with Gasteiger partial charge in [-0.15, -0.1) is 12.4 Å². The molecule has 1 N–H and O–H groups in total. The smallest absolute Gasteiger partial charge is 0.104 e. The maximum Gasteiger partial charge on any atom is 0.104 e. The number of rotatable bonds is 4. The first kappa shape index (κ1) is 15.6. The lowest BCUT2D eigenvalue weighted by atomic mass is 9.90. The van der Waals surface area contributed by atoms with Crippen molar-refractivity contribution in [3.8, 4) is 0 Å². The SMILES string of the molecule is Cl.c1ccc(CC(C2=NCCCN2)c2ccccc2)cc1. The number of nitrogens with one attached hydrogen (secondary N) is 1. The molecular formula is C18H21ClN2. The minimum Gasteiger partial charge on any atom is -0.373 e. The lowest BCUT2D eigenvalue weighted by Gasteiger charge is -2.24. The first-order valence-corrected chi connectivity index (χ1v) is 7.30. The van der Waals surface area contributed by atoms with Crippen LogP contribution in [-0.2, 0) is 6.42 Å². The van der Waals surface area contributed by atoms with Gasteiger partial charge in [-0.1, -0.05) is 60.7 Å². The van der Waals surface area contributed by atoms with Gasteiger partial charge in [0.1, 0.15) is 5.84 Å². The van der Waals surface area contributed by atoms with Crippen LogP contribution in [0.3, 0.4) is 0 Å². The molecule has 0 aliphatic carbocycles. The predicted molar refractivity (Wildman–Crippen MR) is 91.5 cm³/mol. The Morgan fingerprint density at radius 2 is 1.62 bits per heavy atom. The van der Waals surface area contributed by atoms with Gasteiger partial charge in [0.05, 0.1) is 0 Å². The summed E-state index contributed by atoms with van der Waals surface area (Å²) >= 11 is 0. The van der Waals surface area contributed by atoms with Crippen molar-refractivity contribution in [3.05, 3.63) is 71.8 Å². The van der Waals surface area contributed by atoms with Crippen molar-refractivity contribution in [1.82, 2.24) is 5.32 Å². The fraction of sp³-hybridized carbons (Fsp3) is 0.278. The highest BCUT2D eigenvalue weighted by molar-refractivity contribution is 5.89. The highest BCUT2D eigenvalue weighted by Gasteiger charge is 2.20. The van der Waals surface area contributed by atoms with Gasteiger partial charge in [-0.2, -0.15) is 0 Å². The molecule has 0 aromatic heterocycles. The van der Waals surface area contributed by atoms with E-state index < -0.39 is 0 Å². The molecule has 0 radical (unpaired) electrons. The number of hydrogen-bond acceptors (Lipinski definition) is 2. The fourth-order valence-corrected chi connectivity index (χ4v) is 2.69. The summed E-state index contributed by atoms with van der Waals surface area (Å²) in [6, 6.07) is 21.3. The van der Waals surface area contributed by atoms with Crippen LogP contribution in [0.5, 0.6) is 0 Å². The number of aliphatic imine (C=N–C) groups is 1. The van der Waals surface area contributed by atoms with E-state index in [9.17, 15) is 0 Å². The van der Waals surface area contributed by atoms with E-state index in [1.807, 2.05) is 0 Å². The summed E-state index contributed by atoms with van der Waals surface area (Å²) in [5.41, 5.74) is 2.70. The molecule has 21 heavy (non-hydrogen) atoms. The van der Waals surface area contributed by atoms with E-state index in [0.29, 0.717) is 5.92 Å². The van der Waals surface area contributed by atoms with E-state index in [0.717, 1.165) is 31.8 Å². The molecule has 1 unspecified atom stereocenters. The lowest BCUT2D eigenvalue weighted by Crippen LogP contribution is -2.35. The average Bonchev–Trinajstić information content (AvgIpc) is 2.55. The second-order valence-electron chi connectivity index (χ2n) is 5.20. The molecule has 0 fully saturated rings. The van der Waals surface area contributed by atoms with Crippen molar-refractivity contribution < 1.29 is 0 Å². The molecule has 0 saturated carbocycles. The van der Waals surface area contributed by atoms with Crippen molar-refractivity contribution in [2.75, 3.05) is 13.1 Å². The molecule has 3 rings (SSSR count). The Labute approximate surface area is 132 Å². The Kier molecular flexibility index (Phi) is 5.82. The molecule has 1 heterocycles. The molecule has 0 spiro atoms. The standard InChI is InChI=1S/C18H20N2.ClH/c1-3-8-15(9-4-1)14-17(16-10-5-2-6-11-16)18-19-12-7-13-20-18;/h1-6,8-11,17H,7,12-14H2,(H,19,20);1H. The van der Waals surface area contributed by atoms with Crippen molar-refractivity contribution >= 4 is 18.2 Å². The van der Waals surface area contributed by atoms with Crippen LogP contribution >= 0.6 is 12.4 Å². The molecule has 3 heteroatoms. The molecule has 110 valence electrons. The fourth-order valence-electron chi connectivity index (χ4n) is 2.69. The number of halogens is 1. The molecule has 1 aliphatic rings. The van der Waals surface area contributed by atoms with Crippen LogP contribution in [0.25, 0.3) is 0 Å². The molecule has 1 aliphatic heterocycles. The molecule has 0 saturated heterocycles. The predicted octanol–water partition coefficient (Wildman–Crippen LogP) is 3.83. The molecule has 2 aromatic rings. The Morgan fingerprint density at radius 1 is 0.952 bits per heavy atom. The van der Waals surface area contributed by atoms with Gasteiger partial charge in [-0.05, 0) is 24.0 Å². The summed E-state index contributed by atoms with van der Waals surface area (Å²) in [5.74, 6) is 1.48. The Balaban J connectivity index is 0.00000161. The van der Waals surface area contributed by atoms with Gasteiger partial charge in [0.15, 0.2) is 0 Å². The third-order valence-corrected chi connectivity index (χ3v) is 3.74. The minimum absolute atomic E-state index is 0. The maximum absolute atomic E-state index is 4.71. The van der Waals surface area contributed by atoms with Crippen LogP contribution < -0.4 is 5.32 Å². The number of amidine groups is 1. The highest BCUT2D eigenvalue weighted by atomic mass is 35.5. The van der Waals surface area contributed by atoms with Gasteiger partial charge in [0.2, 0.25) is 0 Å². The summed E-state index contributed by atoms with van der Waals surface area (Å²) in [7, 11) is 0. The van der Waals surface area contributed by atoms with E-state index in [1.165, 1.54) is 11.1 Å². The first-order valence-electron chi connectivity index (χ1n) is 7.30. The summed E-state index contributed by atoms with van der Waals surface area (Å²) in [6.07, 6.45) is 2.13. The van der Waals surface area contributed by atoms with Gasteiger partial charge in [0.25, 0.3) is 0 Å². The van der Waals surface area contributed by atoms with Crippen LogP contribution in [0.15, 0.2) is 65.7 Å². The van der Waals surface area contributed by atoms with E-state index in [1.54, 1.807) is 0 Å². The van der Waals surface area contributed by atoms with Gasteiger partial charge in [-0.3, -0.25) is 4.99 Å². The average molecular weight is 301 g/mol.